The Balaban J connectivity index is 0.785. The number of aryl methyl sites for hydroxylation is 1. The van der Waals surface area contributed by atoms with Crippen LogP contribution in [0.4, 0.5) is 10.2 Å². The second kappa shape index (κ2) is 21.0. The van der Waals surface area contributed by atoms with Crippen LogP contribution in [0.2, 0.25) is 5.02 Å². The van der Waals surface area contributed by atoms with Crippen LogP contribution in [0, 0.1) is 25.6 Å². The first kappa shape index (κ1) is 52.1. The van der Waals surface area contributed by atoms with Crippen LogP contribution in [0.5, 0.6) is 17.5 Å². The molecule has 23 heteroatoms. The summed E-state index contributed by atoms with van der Waals surface area (Å²) < 4.78 is 43.4. The van der Waals surface area contributed by atoms with Crippen molar-refractivity contribution in [3.8, 4) is 50.3 Å². The van der Waals surface area contributed by atoms with E-state index in [4.69, 9.17) is 40.5 Å². The molecule has 0 spiro atoms. The molecule has 4 aromatic heterocycles. The first-order valence-electron chi connectivity index (χ1n) is 26.9. The van der Waals surface area contributed by atoms with Crippen molar-refractivity contribution in [1.82, 2.24) is 55.7 Å². The zero-order valence-electron chi connectivity index (χ0n) is 44.2. The predicted octanol–water partition coefficient (Wildman–Crippen LogP) is 7.03. The molecule has 0 radical (unpaired) electrons. The summed E-state index contributed by atoms with van der Waals surface area (Å²) in [5.41, 5.74) is 8.40. The number of nitrogens with zero attached hydrogens (tertiary/aromatic N) is 9. The highest BCUT2D eigenvalue weighted by Gasteiger charge is 2.50. The molecule has 4 aromatic carbocycles. The molecule has 80 heavy (non-hydrogen) atoms. The number of nitrogens with one attached hydrogen (secondary N) is 3. The normalized spacial score (nSPS) is 22.0. The van der Waals surface area contributed by atoms with Crippen molar-refractivity contribution in [3.05, 3.63) is 106 Å². The van der Waals surface area contributed by atoms with Crippen molar-refractivity contribution < 1.29 is 43.1 Å². The van der Waals surface area contributed by atoms with Gasteiger partial charge in [0.1, 0.15) is 54.2 Å². The number of rotatable bonds is 15. The number of carbonyl (C=O) groups is 2. The van der Waals surface area contributed by atoms with Crippen molar-refractivity contribution in [2.75, 3.05) is 44.4 Å². The van der Waals surface area contributed by atoms with E-state index in [0.29, 0.717) is 93.1 Å². The summed E-state index contributed by atoms with van der Waals surface area (Å²) in [5.74, 6) is -0.341. The number of carbonyl (C=O) groups excluding carboxylic acids is 2. The maximum absolute atomic E-state index is 16.0. The van der Waals surface area contributed by atoms with Gasteiger partial charge in [-0.3, -0.25) is 14.7 Å². The SMILES string of the molecule is Cc1ncsc1-c1ccc([C@H](CO)NC(=O)[C@@H]2C[C@@H](O)CN2C(=O)[C@H](C(C)C)n2cc(-c3ccc(COc4c(-c5c(C)c(F)cc6[nH]ncc56)c(Cl)c5c6c(nc(O[C@@H]7CCOC7)nc46)N4[C@@H]6CN[C@@H](C6)[C@H]4CO5)cc3)nn2)cc1. The van der Waals surface area contributed by atoms with Gasteiger partial charge < -0.3 is 49.6 Å². The van der Waals surface area contributed by atoms with Gasteiger partial charge in [-0.1, -0.05) is 79.2 Å². The van der Waals surface area contributed by atoms with E-state index in [1.54, 1.807) is 24.8 Å². The molecule has 2 amide bonds. The molecule has 0 aliphatic carbocycles. The third kappa shape index (κ3) is 9.14. The fourth-order valence-electron chi connectivity index (χ4n) is 12.2. The number of ether oxygens (including phenoxy) is 4. The van der Waals surface area contributed by atoms with E-state index in [1.807, 2.05) is 69.3 Å². The summed E-state index contributed by atoms with van der Waals surface area (Å²) in [6.45, 7) is 9.08. The minimum absolute atomic E-state index is 0.0281. The summed E-state index contributed by atoms with van der Waals surface area (Å²) in [4.78, 5) is 47.9. The quantitative estimate of drug-likeness (QED) is 0.0692. The van der Waals surface area contributed by atoms with Gasteiger partial charge in [-0.25, -0.2) is 14.1 Å². The number of aromatic amines is 1. The fourth-order valence-corrected chi connectivity index (χ4v) is 13.4. The van der Waals surface area contributed by atoms with E-state index in [2.05, 4.69) is 41.0 Å². The van der Waals surface area contributed by atoms with Crippen LogP contribution in [-0.4, -0.2) is 143 Å². The number of aromatic nitrogens is 8. The van der Waals surface area contributed by atoms with Crippen molar-refractivity contribution in [1.29, 1.82) is 0 Å². The molecule has 9 heterocycles. The molecule has 8 aromatic rings. The number of fused-ring (bicyclic) bond motifs is 7. The minimum atomic E-state index is -0.992. The molecule has 5 N–H and O–H groups in total. The number of piperazine rings is 1. The average molecular weight is 1130 g/mol. The molecular weight excluding hydrogens is 1070 g/mol. The number of anilines is 1. The molecule has 8 atom stereocenters. The first-order valence-corrected chi connectivity index (χ1v) is 28.2. The summed E-state index contributed by atoms with van der Waals surface area (Å²) in [5, 5.41) is 45.4. The van der Waals surface area contributed by atoms with Crippen molar-refractivity contribution >= 4 is 62.4 Å². The average Bonchev–Trinajstić information content (AvgIpc) is 4.38. The van der Waals surface area contributed by atoms with Gasteiger partial charge >= 0.3 is 6.01 Å². The fraction of sp³-hybridized carbons (Fsp3) is 0.404. The molecule has 4 saturated heterocycles. The molecule has 2 bridgehead atoms. The predicted molar refractivity (Wildman–Crippen MR) is 296 cm³/mol. The van der Waals surface area contributed by atoms with E-state index < -0.39 is 41.9 Å². The molecule has 20 nitrogen and oxygen atoms in total. The Bertz CT molecular complexity index is 3680. The second-order valence-corrected chi connectivity index (χ2v) is 22.9. The number of likely N-dealkylation sites (tertiary alicyclic amines) is 1. The van der Waals surface area contributed by atoms with Crippen LogP contribution in [0.3, 0.4) is 0 Å². The first-order chi connectivity index (χ1) is 38.8. The molecule has 5 aliphatic heterocycles. The molecule has 5 aliphatic rings. The number of benzene rings is 4. The standard InChI is InChI=1S/C57H58ClFN12O8S/c1-27(2)50(56(75)69-20-35(73)16-43(69)55(74)63-42(22-72)32-9-11-33(12-10-32)53-29(4)61-26-80-53)70-21-41(67-68-70)31-7-5-30(6-8-31)23-77-52-46(45-28(3)38(59)17-39-37(45)19-62-66-39)48(58)51-47-49(52)64-57(79-36-13-14-76-24-36)65-54(47)71-34-15-40(60-18-34)44(71)25-78-51/h5-12,17,19,21,26-27,34-36,40,42-44,50,60,72-73H,13-16,18,20,22-25H2,1-4H3,(H,62,66)(H,63,74)/t34-,35+,36+,40-,42-,43-,44+,50-/m0/s1. The number of thiazole rings is 1. The largest absolute Gasteiger partial charge is 0.489 e. The highest BCUT2D eigenvalue weighted by molar-refractivity contribution is 7.13. The van der Waals surface area contributed by atoms with Gasteiger partial charge in [-0.2, -0.15) is 15.1 Å². The number of β-amino-alcohol motifs (C(OH)–C–C–N with tert-alkyl or cyclic N) is 1. The van der Waals surface area contributed by atoms with Crippen molar-refractivity contribution in [2.24, 2.45) is 5.92 Å². The molecule has 414 valence electrons. The van der Waals surface area contributed by atoms with E-state index >= 15 is 4.39 Å². The van der Waals surface area contributed by atoms with E-state index in [-0.39, 0.29) is 73.1 Å². The highest BCUT2D eigenvalue weighted by Crippen LogP contribution is 2.55. The molecule has 0 unspecified atom stereocenters. The van der Waals surface area contributed by atoms with Gasteiger partial charge in [-0.05, 0) is 54.5 Å². The summed E-state index contributed by atoms with van der Waals surface area (Å²) in [6, 6.07) is 14.3. The van der Waals surface area contributed by atoms with Crippen molar-refractivity contribution in [2.45, 2.75) is 102 Å². The molecule has 13 rings (SSSR count). The lowest BCUT2D eigenvalue weighted by molar-refractivity contribution is -0.142. The highest BCUT2D eigenvalue weighted by atomic mass is 35.5. The van der Waals surface area contributed by atoms with Crippen LogP contribution >= 0.6 is 22.9 Å². The van der Waals surface area contributed by atoms with Gasteiger partial charge in [0.05, 0.1) is 82.4 Å². The minimum Gasteiger partial charge on any atom is -0.489 e. The maximum atomic E-state index is 16.0. The summed E-state index contributed by atoms with van der Waals surface area (Å²) in [7, 11) is 0. The lowest BCUT2D eigenvalue weighted by atomic mass is 9.93. The number of H-pyrrole nitrogens is 1. The van der Waals surface area contributed by atoms with E-state index in [9.17, 15) is 19.8 Å². The van der Waals surface area contributed by atoms with Crippen LogP contribution in [0.1, 0.15) is 67.6 Å². The smallest absolute Gasteiger partial charge is 0.319 e. The molecular formula is C57H58ClFN12O8S. The number of aliphatic hydroxyl groups is 2. The Morgan fingerprint density at radius 3 is 2.61 bits per heavy atom. The van der Waals surface area contributed by atoms with Gasteiger partial charge in [0, 0.05) is 60.1 Å². The Hall–Kier alpha value is -7.34. The third-order valence-corrected chi connectivity index (χ3v) is 17.6. The Morgan fingerprint density at radius 2 is 1.86 bits per heavy atom. The van der Waals surface area contributed by atoms with Crippen LogP contribution < -0.4 is 29.7 Å². The second-order valence-electron chi connectivity index (χ2n) is 21.7. The van der Waals surface area contributed by atoms with Gasteiger partial charge in [-0.15, -0.1) is 16.4 Å². The molecule has 0 saturated carbocycles. The summed E-state index contributed by atoms with van der Waals surface area (Å²) in [6.07, 6.45) is 3.77. The lowest BCUT2D eigenvalue weighted by Gasteiger charge is -2.35. The van der Waals surface area contributed by atoms with Gasteiger partial charge in [0.25, 0.3) is 0 Å². The zero-order valence-corrected chi connectivity index (χ0v) is 45.8. The number of amides is 2. The van der Waals surface area contributed by atoms with Crippen LogP contribution in [-0.2, 0) is 20.9 Å². The summed E-state index contributed by atoms with van der Waals surface area (Å²) >= 11 is 9.15. The van der Waals surface area contributed by atoms with E-state index in [1.165, 1.54) is 27.0 Å². The lowest BCUT2D eigenvalue weighted by Crippen LogP contribution is -2.53. The maximum Gasteiger partial charge on any atom is 0.319 e. The van der Waals surface area contributed by atoms with Crippen LogP contribution in [0.25, 0.3) is 54.6 Å². The zero-order chi connectivity index (χ0) is 55.1. The Kier molecular flexibility index (Phi) is 13.6. The number of halogens is 2. The number of aliphatic hydroxyl groups excluding tert-OH is 2. The van der Waals surface area contributed by atoms with Gasteiger partial charge in [0.2, 0.25) is 11.8 Å². The number of hydrogen-bond donors (Lipinski definition) is 5. The Labute approximate surface area is 467 Å². The van der Waals surface area contributed by atoms with Crippen LogP contribution in [0.15, 0.2) is 72.5 Å². The molecule has 4 fully saturated rings. The van der Waals surface area contributed by atoms with E-state index in [0.717, 1.165) is 34.7 Å². The Morgan fingerprint density at radius 1 is 1.05 bits per heavy atom. The van der Waals surface area contributed by atoms with Crippen molar-refractivity contribution in [3.63, 3.8) is 0 Å². The monoisotopic (exact) mass is 1120 g/mol. The third-order valence-electron chi connectivity index (χ3n) is 16.3. The topological polar surface area (TPSA) is 240 Å². The number of hydrogen-bond acceptors (Lipinski definition) is 17. The van der Waals surface area contributed by atoms with Gasteiger partial charge in [0.15, 0.2) is 11.5 Å².